The van der Waals surface area contributed by atoms with Gasteiger partial charge in [0, 0.05) is 30.9 Å². The van der Waals surface area contributed by atoms with Crippen molar-refractivity contribution in [3.05, 3.63) is 78.1 Å². The predicted octanol–water partition coefficient (Wildman–Crippen LogP) is 3.53. The number of hydrogen-bond acceptors (Lipinski definition) is 5. The van der Waals surface area contributed by atoms with Crippen LogP contribution in [0.25, 0.3) is 0 Å². The zero-order chi connectivity index (χ0) is 20.9. The van der Waals surface area contributed by atoms with E-state index in [1.54, 1.807) is 42.6 Å². The van der Waals surface area contributed by atoms with E-state index in [2.05, 4.69) is 10.3 Å². The van der Waals surface area contributed by atoms with Crippen molar-refractivity contribution in [2.24, 2.45) is 0 Å². The number of likely N-dealkylation sites (tertiary alicyclic amines) is 1. The van der Waals surface area contributed by atoms with Crippen LogP contribution >= 0.6 is 0 Å². The second kappa shape index (κ2) is 8.77. The molecule has 1 aliphatic rings. The highest BCUT2D eigenvalue weighted by Crippen LogP contribution is 2.24. The number of rotatable bonds is 6. The van der Waals surface area contributed by atoms with Gasteiger partial charge in [0.25, 0.3) is 5.91 Å². The van der Waals surface area contributed by atoms with Crippen LogP contribution in [0.2, 0.25) is 0 Å². The van der Waals surface area contributed by atoms with Gasteiger partial charge in [-0.2, -0.15) is 0 Å². The summed E-state index contributed by atoms with van der Waals surface area (Å²) in [6.45, 7) is 0.662. The molecule has 30 heavy (non-hydrogen) atoms. The third kappa shape index (κ3) is 4.32. The third-order valence-electron chi connectivity index (χ3n) is 4.86. The van der Waals surface area contributed by atoms with Gasteiger partial charge in [0.15, 0.2) is 5.76 Å². The Morgan fingerprint density at radius 3 is 2.93 bits per heavy atom. The lowest BCUT2D eigenvalue weighted by Crippen LogP contribution is -2.45. The molecule has 1 unspecified atom stereocenters. The Kier molecular flexibility index (Phi) is 5.74. The van der Waals surface area contributed by atoms with E-state index in [1.165, 1.54) is 23.3 Å². The highest BCUT2D eigenvalue weighted by molar-refractivity contribution is 5.95. The van der Waals surface area contributed by atoms with Gasteiger partial charge in [-0.15, -0.1) is 0 Å². The maximum absolute atomic E-state index is 13.4. The second-order valence-electron chi connectivity index (χ2n) is 6.88. The van der Waals surface area contributed by atoms with E-state index in [9.17, 15) is 14.0 Å². The lowest BCUT2D eigenvalue weighted by Gasteiger charge is -2.23. The summed E-state index contributed by atoms with van der Waals surface area (Å²) in [4.78, 5) is 31.1. The van der Waals surface area contributed by atoms with E-state index in [4.69, 9.17) is 9.15 Å². The molecule has 0 saturated carbocycles. The van der Waals surface area contributed by atoms with Crippen LogP contribution in [0.5, 0.6) is 11.6 Å². The van der Waals surface area contributed by atoms with Crippen LogP contribution in [0.15, 0.2) is 65.4 Å². The summed E-state index contributed by atoms with van der Waals surface area (Å²) in [5, 5.41) is 2.85. The molecule has 1 fully saturated rings. The van der Waals surface area contributed by atoms with Gasteiger partial charge in [-0.05, 0) is 43.2 Å². The van der Waals surface area contributed by atoms with E-state index in [0.29, 0.717) is 24.3 Å². The van der Waals surface area contributed by atoms with Crippen molar-refractivity contribution in [1.82, 2.24) is 15.2 Å². The molecular weight excluding hydrogens is 389 g/mol. The standard InChI is InChI=1S/C22H20FN3O4/c23-16-6-1-7-17(13-16)30-21-15(5-2-10-24-21)14-25-20(27)18-8-3-11-26(18)22(28)19-9-4-12-29-19/h1-2,4-7,9-10,12-13,18H,3,8,11,14H2,(H,25,27). The first kappa shape index (κ1) is 19.6. The van der Waals surface area contributed by atoms with Crippen molar-refractivity contribution in [2.75, 3.05) is 6.54 Å². The van der Waals surface area contributed by atoms with Crippen molar-refractivity contribution in [1.29, 1.82) is 0 Å². The lowest BCUT2D eigenvalue weighted by atomic mass is 10.2. The van der Waals surface area contributed by atoms with Gasteiger partial charge in [0.05, 0.1) is 6.26 Å². The summed E-state index contributed by atoms with van der Waals surface area (Å²) in [7, 11) is 0. The Balaban J connectivity index is 1.42. The number of ether oxygens (including phenoxy) is 1. The number of nitrogens with zero attached hydrogens (tertiary/aromatic N) is 2. The Morgan fingerprint density at radius 2 is 2.13 bits per heavy atom. The summed E-state index contributed by atoms with van der Waals surface area (Å²) < 4.78 is 24.3. The highest BCUT2D eigenvalue weighted by atomic mass is 19.1. The number of furan rings is 1. The first-order chi connectivity index (χ1) is 14.6. The van der Waals surface area contributed by atoms with Crippen LogP contribution < -0.4 is 10.1 Å². The Labute approximate surface area is 172 Å². The molecule has 1 saturated heterocycles. The van der Waals surface area contributed by atoms with Gasteiger partial charge >= 0.3 is 0 Å². The molecule has 1 aromatic carbocycles. The van der Waals surface area contributed by atoms with E-state index in [0.717, 1.165) is 6.42 Å². The normalized spacial score (nSPS) is 15.8. The summed E-state index contributed by atoms with van der Waals surface area (Å²) >= 11 is 0. The van der Waals surface area contributed by atoms with Crippen molar-refractivity contribution in [3.63, 3.8) is 0 Å². The zero-order valence-electron chi connectivity index (χ0n) is 16.1. The maximum atomic E-state index is 13.4. The quantitative estimate of drug-likeness (QED) is 0.673. The molecule has 154 valence electrons. The van der Waals surface area contributed by atoms with Crippen LogP contribution in [0.4, 0.5) is 4.39 Å². The zero-order valence-corrected chi connectivity index (χ0v) is 16.1. The summed E-state index contributed by atoms with van der Waals surface area (Å²) in [5.74, 6) is -0.165. The molecule has 2 aromatic heterocycles. The van der Waals surface area contributed by atoms with Gasteiger partial charge in [-0.3, -0.25) is 9.59 Å². The number of hydrogen-bond donors (Lipinski definition) is 1. The smallest absolute Gasteiger partial charge is 0.290 e. The van der Waals surface area contributed by atoms with E-state index in [1.807, 2.05) is 0 Å². The van der Waals surface area contributed by atoms with Crippen LogP contribution in [-0.4, -0.2) is 34.3 Å². The van der Waals surface area contributed by atoms with Gasteiger partial charge in [0.2, 0.25) is 11.8 Å². The van der Waals surface area contributed by atoms with Crippen LogP contribution in [0.3, 0.4) is 0 Å². The van der Waals surface area contributed by atoms with Crippen molar-refractivity contribution < 1.29 is 23.1 Å². The first-order valence-electron chi connectivity index (χ1n) is 9.61. The van der Waals surface area contributed by atoms with Gasteiger partial charge in [-0.25, -0.2) is 9.37 Å². The summed E-state index contributed by atoms with van der Waals surface area (Å²) in [5.41, 5.74) is 0.636. The number of carbonyl (C=O) groups excluding carboxylic acids is 2. The number of halogens is 1. The third-order valence-corrected chi connectivity index (χ3v) is 4.86. The van der Waals surface area contributed by atoms with E-state index < -0.39 is 11.9 Å². The average Bonchev–Trinajstić information content (AvgIpc) is 3.45. The second-order valence-corrected chi connectivity index (χ2v) is 6.88. The molecular formula is C22H20FN3O4. The molecule has 3 heterocycles. The SMILES string of the molecule is O=C(NCc1cccnc1Oc1cccc(F)c1)C1CCCN1C(=O)c1ccco1. The first-order valence-corrected chi connectivity index (χ1v) is 9.61. The van der Waals surface area contributed by atoms with Gasteiger partial charge < -0.3 is 19.4 Å². The number of benzene rings is 1. The molecule has 1 atom stereocenters. The molecule has 4 rings (SSSR count). The van der Waals surface area contributed by atoms with E-state index in [-0.39, 0.29) is 30.0 Å². The molecule has 8 heteroatoms. The van der Waals surface area contributed by atoms with Crippen molar-refractivity contribution in [3.8, 4) is 11.6 Å². The lowest BCUT2D eigenvalue weighted by molar-refractivity contribution is -0.125. The fourth-order valence-electron chi connectivity index (χ4n) is 3.42. The Morgan fingerprint density at radius 1 is 1.23 bits per heavy atom. The summed E-state index contributed by atoms with van der Waals surface area (Å²) in [6, 6.07) is 11.9. The minimum atomic E-state index is -0.563. The fourth-order valence-corrected chi connectivity index (χ4v) is 3.42. The molecule has 3 aromatic rings. The van der Waals surface area contributed by atoms with Crippen molar-refractivity contribution in [2.45, 2.75) is 25.4 Å². The number of carbonyl (C=O) groups is 2. The minimum Gasteiger partial charge on any atom is -0.459 e. The topological polar surface area (TPSA) is 84.7 Å². The monoisotopic (exact) mass is 409 g/mol. The molecule has 0 spiro atoms. The highest BCUT2D eigenvalue weighted by Gasteiger charge is 2.35. The number of amides is 2. The average molecular weight is 409 g/mol. The fraction of sp³-hybridized carbons (Fsp3) is 0.227. The summed E-state index contributed by atoms with van der Waals surface area (Å²) in [6.07, 6.45) is 4.31. The van der Waals surface area contributed by atoms with Gasteiger partial charge in [-0.1, -0.05) is 12.1 Å². The molecule has 0 bridgehead atoms. The molecule has 2 amide bonds. The number of aromatic nitrogens is 1. The molecule has 0 radical (unpaired) electrons. The number of pyridine rings is 1. The molecule has 1 aliphatic heterocycles. The Hall–Kier alpha value is -3.68. The number of nitrogens with one attached hydrogen (secondary N) is 1. The van der Waals surface area contributed by atoms with Gasteiger partial charge in [0.1, 0.15) is 17.6 Å². The van der Waals surface area contributed by atoms with Crippen LogP contribution in [0.1, 0.15) is 29.0 Å². The largest absolute Gasteiger partial charge is 0.459 e. The molecule has 1 N–H and O–H groups in total. The van der Waals surface area contributed by atoms with E-state index >= 15 is 0 Å². The van der Waals surface area contributed by atoms with Crippen LogP contribution in [-0.2, 0) is 11.3 Å². The molecule has 7 nitrogen and oxygen atoms in total. The molecule has 0 aliphatic carbocycles. The maximum Gasteiger partial charge on any atom is 0.290 e. The predicted molar refractivity (Wildman–Crippen MR) is 105 cm³/mol. The minimum absolute atomic E-state index is 0.163. The van der Waals surface area contributed by atoms with Crippen molar-refractivity contribution >= 4 is 11.8 Å². The Bertz CT molecular complexity index is 1040. The van der Waals surface area contributed by atoms with Crippen LogP contribution in [0, 0.1) is 5.82 Å².